The number of nitrogens with one attached hydrogen (secondary N) is 3. The number of H-pyrrole nitrogens is 1. The molecule has 0 aliphatic rings. The number of hydrogen-bond donors (Lipinski definition) is 3. The van der Waals surface area contributed by atoms with Gasteiger partial charge in [0.15, 0.2) is 10.1 Å². The van der Waals surface area contributed by atoms with Crippen molar-refractivity contribution in [1.82, 2.24) is 10.3 Å². The summed E-state index contributed by atoms with van der Waals surface area (Å²) in [6.45, 7) is 2.30. The van der Waals surface area contributed by atoms with Crippen molar-refractivity contribution in [3.8, 4) is 0 Å². The van der Waals surface area contributed by atoms with Crippen molar-refractivity contribution in [2.24, 2.45) is 0 Å². The van der Waals surface area contributed by atoms with Gasteiger partial charge in [-0.2, -0.15) is 0 Å². The number of aromatic amines is 1. The highest BCUT2D eigenvalue weighted by Crippen LogP contribution is 2.26. The van der Waals surface area contributed by atoms with Gasteiger partial charge >= 0.3 is 0 Å². The van der Waals surface area contributed by atoms with Gasteiger partial charge in [-0.1, -0.05) is 12.1 Å². The first-order valence-corrected chi connectivity index (χ1v) is 9.22. The summed E-state index contributed by atoms with van der Waals surface area (Å²) in [5.74, 6) is 1.62. The molecule has 0 saturated heterocycles. The third-order valence-corrected chi connectivity index (χ3v) is 5.29. The van der Waals surface area contributed by atoms with E-state index in [1.807, 2.05) is 30.3 Å². The Kier molecular flexibility index (Phi) is 5.76. The summed E-state index contributed by atoms with van der Waals surface area (Å²) in [6.07, 6.45) is 0.928. The number of fused-ring (bicyclic) bond motifs is 1. The predicted octanol–water partition coefficient (Wildman–Crippen LogP) is 4.24. The van der Waals surface area contributed by atoms with Crippen LogP contribution in [0, 0.1) is 0 Å². The molecule has 0 radical (unpaired) electrons. The zero-order valence-corrected chi connectivity index (χ0v) is 16.0. The van der Waals surface area contributed by atoms with Crippen LogP contribution in [0.25, 0.3) is 10.9 Å². The van der Waals surface area contributed by atoms with Crippen LogP contribution >= 0.6 is 31.9 Å². The second kappa shape index (κ2) is 8.00. The van der Waals surface area contributed by atoms with E-state index in [2.05, 4.69) is 47.5 Å². The zero-order chi connectivity index (χ0) is 16.9. The first-order valence-electron chi connectivity index (χ1n) is 7.64. The molecule has 5 nitrogen and oxygen atoms in total. The SMILES string of the molecule is O=c1cc(NCCCNCc2cc(Br)c(Br)o2)[nH]c2ccccc12. The number of furan rings is 1. The molecule has 0 atom stereocenters. The van der Waals surface area contributed by atoms with E-state index in [4.69, 9.17) is 4.42 Å². The van der Waals surface area contributed by atoms with Crippen molar-refractivity contribution in [3.05, 3.63) is 61.5 Å². The average molecular weight is 455 g/mol. The highest BCUT2D eigenvalue weighted by Gasteiger charge is 2.05. The standard InChI is InChI=1S/C17H17Br2N3O2/c18-13-8-11(24-17(13)19)10-20-6-3-7-21-16-9-15(23)12-4-1-2-5-14(12)22-16/h1-2,4-5,8-9,20H,3,6-7,10H2,(H2,21,22,23). The molecule has 0 spiro atoms. The van der Waals surface area contributed by atoms with Gasteiger partial charge in [0.2, 0.25) is 0 Å². The molecule has 2 aromatic heterocycles. The predicted molar refractivity (Wildman–Crippen MR) is 103 cm³/mol. The van der Waals surface area contributed by atoms with Gasteiger partial charge in [-0.25, -0.2) is 0 Å². The number of pyridine rings is 1. The summed E-state index contributed by atoms with van der Waals surface area (Å²) in [7, 11) is 0. The van der Waals surface area contributed by atoms with Gasteiger partial charge in [0.05, 0.1) is 16.5 Å². The van der Waals surface area contributed by atoms with E-state index in [1.54, 1.807) is 6.07 Å². The summed E-state index contributed by atoms with van der Waals surface area (Å²) in [5.41, 5.74) is 0.874. The van der Waals surface area contributed by atoms with E-state index < -0.39 is 0 Å². The lowest BCUT2D eigenvalue weighted by Crippen LogP contribution is -2.18. The number of halogens is 2. The molecular weight excluding hydrogens is 438 g/mol. The fourth-order valence-corrected chi connectivity index (χ4v) is 3.08. The van der Waals surface area contributed by atoms with Crippen LogP contribution in [0.3, 0.4) is 0 Å². The Hall–Kier alpha value is -1.57. The summed E-state index contributed by atoms with van der Waals surface area (Å²) < 4.78 is 7.12. The maximum absolute atomic E-state index is 12.0. The number of benzene rings is 1. The van der Waals surface area contributed by atoms with Crippen LogP contribution in [0.1, 0.15) is 12.2 Å². The van der Waals surface area contributed by atoms with Crippen molar-refractivity contribution in [2.45, 2.75) is 13.0 Å². The number of rotatable bonds is 7. The Bertz CT molecular complexity index is 869. The molecular formula is C17H17Br2N3O2. The third-order valence-electron chi connectivity index (χ3n) is 3.58. The molecule has 0 aliphatic heterocycles. The van der Waals surface area contributed by atoms with Crippen molar-refractivity contribution in [3.63, 3.8) is 0 Å². The van der Waals surface area contributed by atoms with Gasteiger partial charge in [-0.3, -0.25) is 4.79 Å². The van der Waals surface area contributed by atoms with Crippen LogP contribution in [0.15, 0.2) is 54.8 Å². The summed E-state index contributed by atoms with van der Waals surface area (Å²) >= 11 is 6.71. The first kappa shape index (κ1) is 17.3. The lowest BCUT2D eigenvalue weighted by atomic mass is 10.2. The Morgan fingerprint density at radius 2 is 1.96 bits per heavy atom. The lowest BCUT2D eigenvalue weighted by Gasteiger charge is -2.08. The lowest BCUT2D eigenvalue weighted by molar-refractivity contribution is 0.464. The third kappa shape index (κ3) is 4.28. The number of hydrogen-bond acceptors (Lipinski definition) is 4. The fourth-order valence-electron chi connectivity index (χ4n) is 2.42. The Morgan fingerprint density at radius 1 is 1.12 bits per heavy atom. The Labute approximate surface area is 156 Å². The Balaban J connectivity index is 1.44. The fraction of sp³-hybridized carbons (Fsp3) is 0.235. The van der Waals surface area contributed by atoms with Gasteiger partial charge in [0.1, 0.15) is 11.6 Å². The van der Waals surface area contributed by atoms with Crippen LogP contribution in [-0.2, 0) is 6.54 Å². The van der Waals surface area contributed by atoms with Crippen LogP contribution in [0.2, 0.25) is 0 Å². The molecule has 3 N–H and O–H groups in total. The minimum absolute atomic E-state index is 0.0268. The quantitative estimate of drug-likeness (QED) is 0.467. The zero-order valence-electron chi connectivity index (χ0n) is 12.9. The number of aromatic nitrogens is 1. The van der Waals surface area contributed by atoms with Gasteiger partial charge in [0, 0.05) is 18.0 Å². The van der Waals surface area contributed by atoms with Gasteiger partial charge in [-0.05, 0) is 63.0 Å². The smallest absolute Gasteiger partial charge is 0.191 e. The first-order chi connectivity index (χ1) is 11.6. The van der Waals surface area contributed by atoms with Gasteiger partial charge in [-0.15, -0.1) is 0 Å². The minimum Gasteiger partial charge on any atom is -0.452 e. The summed E-state index contributed by atoms with van der Waals surface area (Å²) in [5, 5.41) is 7.29. The molecule has 0 amide bonds. The monoisotopic (exact) mass is 453 g/mol. The second-order valence-corrected chi connectivity index (χ2v) is 6.96. The highest BCUT2D eigenvalue weighted by molar-refractivity contribution is 9.13. The van der Waals surface area contributed by atoms with Gasteiger partial charge < -0.3 is 20.0 Å². The average Bonchev–Trinajstić information content (AvgIpc) is 2.89. The van der Waals surface area contributed by atoms with Crippen LogP contribution in [-0.4, -0.2) is 18.1 Å². The highest BCUT2D eigenvalue weighted by atomic mass is 79.9. The van der Waals surface area contributed by atoms with Crippen LogP contribution in [0.4, 0.5) is 5.82 Å². The summed E-state index contributed by atoms with van der Waals surface area (Å²) in [6, 6.07) is 11.1. The van der Waals surface area contributed by atoms with Gasteiger partial charge in [0.25, 0.3) is 0 Å². The molecule has 1 aromatic carbocycles. The van der Waals surface area contributed by atoms with E-state index in [9.17, 15) is 4.79 Å². The van der Waals surface area contributed by atoms with Crippen LogP contribution in [0.5, 0.6) is 0 Å². The second-order valence-electron chi connectivity index (χ2n) is 5.38. The van der Waals surface area contributed by atoms with E-state index >= 15 is 0 Å². The normalized spacial score (nSPS) is 11.1. The molecule has 7 heteroatoms. The molecule has 126 valence electrons. The number of anilines is 1. The van der Waals surface area contributed by atoms with Crippen molar-refractivity contribution < 1.29 is 4.42 Å². The molecule has 0 bridgehead atoms. The molecule has 2 heterocycles. The van der Waals surface area contributed by atoms with E-state index in [-0.39, 0.29) is 5.43 Å². The number of para-hydroxylation sites is 1. The molecule has 3 aromatic rings. The van der Waals surface area contributed by atoms with E-state index in [0.717, 1.165) is 41.1 Å². The van der Waals surface area contributed by atoms with Crippen LogP contribution < -0.4 is 16.1 Å². The molecule has 0 saturated carbocycles. The van der Waals surface area contributed by atoms with E-state index in [1.165, 1.54) is 0 Å². The largest absolute Gasteiger partial charge is 0.452 e. The summed E-state index contributed by atoms with van der Waals surface area (Å²) in [4.78, 5) is 15.3. The van der Waals surface area contributed by atoms with Crippen molar-refractivity contribution >= 4 is 48.6 Å². The molecule has 3 rings (SSSR count). The molecule has 24 heavy (non-hydrogen) atoms. The van der Waals surface area contributed by atoms with Crippen molar-refractivity contribution in [1.29, 1.82) is 0 Å². The molecule has 0 aliphatic carbocycles. The minimum atomic E-state index is 0.0268. The maximum atomic E-state index is 12.0. The van der Waals surface area contributed by atoms with E-state index in [0.29, 0.717) is 16.6 Å². The molecule has 0 fully saturated rings. The maximum Gasteiger partial charge on any atom is 0.191 e. The molecule has 0 unspecified atom stereocenters. The van der Waals surface area contributed by atoms with Crippen molar-refractivity contribution in [2.75, 3.05) is 18.4 Å². The topological polar surface area (TPSA) is 70.1 Å². The Morgan fingerprint density at radius 3 is 2.75 bits per heavy atom.